The van der Waals surface area contributed by atoms with Crippen LogP contribution in [0.2, 0.25) is 20.1 Å². The van der Waals surface area contributed by atoms with Crippen LogP contribution in [0.5, 0.6) is 11.5 Å². The van der Waals surface area contributed by atoms with E-state index in [1.54, 1.807) is 0 Å². The van der Waals surface area contributed by atoms with E-state index >= 15 is 0 Å². The van der Waals surface area contributed by atoms with Gasteiger partial charge in [0.2, 0.25) is 0 Å². The molecule has 2 aromatic carbocycles. The van der Waals surface area contributed by atoms with Gasteiger partial charge in [0.25, 0.3) is 0 Å². The third-order valence-electron chi connectivity index (χ3n) is 4.63. The Kier molecular flexibility index (Phi) is 4.34. The Morgan fingerprint density at radius 2 is 1.39 bits per heavy atom. The first-order valence-electron chi connectivity index (χ1n) is 8.24. The molecule has 2 aromatic rings. The van der Waals surface area contributed by atoms with E-state index in [1.165, 1.54) is 0 Å². The van der Waals surface area contributed by atoms with Gasteiger partial charge in [-0.15, -0.1) is 0 Å². The van der Waals surface area contributed by atoms with Crippen LogP contribution >= 0.6 is 53.6 Å². The Morgan fingerprint density at radius 3 is 1.82 bits per heavy atom. The number of hydrogen-bond donors (Lipinski definition) is 0. The van der Waals surface area contributed by atoms with Gasteiger partial charge in [-0.25, -0.2) is 0 Å². The zero-order chi connectivity index (χ0) is 20.5. The second-order valence-electron chi connectivity index (χ2n) is 7.50. The summed E-state index contributed by atoms with van der Waals surface area (Å²) in [5.74, 6) is 0.276. The Bertz CT molecular complexity index is 1090. The van der Waals surface area contributed by atoms with E-state index in [4.69, 9.17) is 55.5 Å². The summed E-state index contributed by atoms with van der Waals surface area (Å²) < 4.78 is 12.7. The maximum atomic E-state index is 9.46. The van der Waals surface area contributed by atoms with Crippen molar-refractivity contribution in [2.24, 2.45) is 10.3 Å². The molecule has 4 rings (SSSR count). The van der Waals surface area contributed by atoms with E-state index in [2.05, 4.69) is 9.80 Å². The number of hydrogen-bond acceptors (Lipinski definition) is 3. The number of nitrogens with zero attached hydrogens (tertiary/aromatic N) is 3. The second kappa shape index (κ2) is 6.09. The van der Waals surface area contributed by atoms with Crippen LogP contribution in [0.1, 0.15) is 26.3 Å². The van der Waals surface area contributed by atoms with Crippen LogP contribution in [0, 0.1) is 5.41 Å². The summed E-state index contributed by atoms with van der Waals surface area (Å²) in [7, 11) is -4.14. The fraction of sp³-hybridized carbons (Fsp3) is 0.222. The molecule has 0 atom stereocenters. The van der Waals surface area contributed by atoms with Gasteiger partial charge in [-0.2, -0.15) is 0 Å². The first-order valence-corrected chi connectivity index (χ1v) is 11.8. The molecule has 0 aromatic heterocycles. The summed E-state index contributed by atoms with van der Waals surface area (Å²) in [4.78, 5) is 7.24. The number of rotatable bonds is 2. The third kappa shape index (κ3) is 2.42. The molecule has 2 aliphatic heterocycles. The van der Waals surface area contributed by atoms with E-state index in [0.717, 1.165) is 16.2 Å². The van der Waals surface area contributed by atoms with Crippen molar-refractivity contribution in [3.05, 3.63) is 71.7 Å². The molecule has 28 heavy (non-hydrogen) atoms. The molecule has 146 valence electrons. The van der Waals surface area contributed by atoms with Gasteiger partial charge in [-0.3, -0.25) is 0 Å². The summed E-state index contributed by atoms with van der Waals surface area (Å²) in [6.07, 6.45) is 0. The van der Waals surface area contributed by atoms with Crippen LogP contribution in [-0.2, 0) is 0 Å². The van der Waals surface area contributed by atoms with Crippen LogP contribution in [0.3, 0.4) is 0 Å². The van der Waals surface area contributed by atoms with E-state index in [0.29, 0.717) is 0 Å². The number of fused-ring (bicyclic) bond motifs is 1. The van der Waals surface area contributed by atoms with Crippen molar-refractivity contribution in [2.45, 2.75) is 20.8 Å². The van der Waals surface area contributed by atoms with Gasteiger partial charge in [0.1, 0.15) is 0 Å². The fourth-order valence-electron chi connectivity index (χ4n) is 3.69. The topological polar surface area (TPSA) is 67.2 Å². The van der Waals surface area contributed by atoms with Crippen molar-refractivity contribution in [3.8, 4) is 11.5 Å². The summed E-state index contributed by atoms with van der Waals surface area (Å²) in [5, 5.41) is 1.75. The van der Waals surface area contributed by atoms with Crippen molar-refractivity contribution in [1.29, 1.82) is 0 Å². The van der Waals surface area contributed by atoms with Gasteiger partial charge in [-0.05, 0) is 0 Å². The third-order valence-corrected chi connectivity index (χ3v) is 10.6. The molecule has 0 bridgehead atoms. The molecule has 0 amide bonds. The quantitative estimate of drug-likeness (QED) is 0.108. The average molecular weight is 477 g/mol. The van der Waals surface area contributed by atoms with E-state index in [-0.39, 0.29) is 31.6 Å². The summed E-state index contributed by atoms with van der Waals surface area (Å²) >= 11 is 25.1. The molecular weight excluding hydrogens is 463 g/mol. The molecule has 0 radical (unpaired) electrons. The van der Waals surface area contributed by atoms with Gasteiger partial charge in [0.05, 0.1) is 0 Å². The molecule has 2 aliphatic rings. The molecule has 5 nitrogen and oxygen atoms in total. The van der Waals surface area contributed by atoms with Crippen molar-refractivity contribution in [1.82, 2.24) is 0 Å². The predicted octanol–water partition coefficient (Wildman–Crippen LogP) is 9.11. The van der Waals surface area contributed by atoms with Gasteiger partial charge < -0.3 is 0 Å². The van der Waals surface area contributed by atoms with Crippen LogP contribution in [-0.4, -0.2) is 0 Å². The van der Waals surface area contributed by atoms with Crippen LogP contribution in [0.4, 0.5) is 0 Å². The minimum atomic E-state index is -4.14. The monoisotopic (exact) mass is 475 g/mol. The number of allylic oxidation sites excluding steroid dienone is 1. The van der Waals surface area contributed by atoms with E-state index < -0.39 is 12.6 Å². The van der Waals surface area contributed by atoms with Crippen molar-refractivity contribution in [3.63, 3.8) is 0 Å². The van der Waals surface area contributed by atoms with Gasteiger partial charge in [0, 0.05) is 0 Å². The van der Waals surface area contributed by atoms with Gasteiger partial charge in [0.15, 0.2) is 0 Å². The summed E-state index contributed by atoms with van der Waals surface area (Å²) in [6.45, 7) is 6.00. The molecule has 0 fully saturated rings. The normalized spacial score (nSPS) is 19.8. The average Bonchev–Trinajstić information content (AvgIpc) is 3.09. The molecule has 10 heteroatoms. The van der Waals surface area contributed by atoms with E-state index in [9.17, 15) is 5.53 Å². The van der Waals surface area contributed by atoms with Crippen molar-refractivity contribution < 1.29 is 9.05 Å². The Hall–Kier alpha value is -1.32. The molecular formula is C18H14Cl4N3O2P. The van der Waals surface area contributed by atoms with Crippen LogP contribution in [0.15, 0.2) is 40.5 Å². The fourth-order valence-corrected chi connectivity index (χ4v) is 9.72. The Morgan fingerprint density at radius 1 is 0.893 bits per heavy atom. The first-order chi connectivity index (χ1) is 13.1. The predicted molar refractivity (Wildman–Crippen MR) is 117 cm³/mol. The molecule has 0 N–H and O–H groups in total. The number of benzene rings is 2. The Balaban J connectivity index is 2.02. The van der Waals surface area contributed by atoms with Crippen LogP contribution < -0.4 is 9.05 Å². The van der Waals surface area contributed by atoms with Crippen molar-refractivity contribution >= 4 is 58.9 Å². The maximum absolute atomic E-state index is 9.46. The first kappa shape index (κ1) is 20.0. The SMILES string of the molecule is CC(C)(C)C1=C(c2ccccc2)P12(N=[N+]=[N-])Oc1c(Cl)c(Cl)c(Cl)c(Cl)c1O2. The van der Waals surface area contributed by atoms with Crippen LogP contribution in [0.25, 0.3) is 15.8 Å². The molecule has 0 unspecified atom stereocenters. The summed E-state index contributed by atoms with van der Waals surface area (Å²) in [5.41, 5.74) is 9.89. The zero-order valence-corrected chi connectivity index (χ0v) is 18.9. The molecule has 1 spiro atoms. The molecule has 2 heterocycles. The second-order valence-corrected chi connectivity index (χ2v) is 12.3. The van der Waals surface area contributed by atoms with E-state index in [1.807, 2.05) is 51.1 Å². The standard InChI is InChI=1S/C18H14Cl4N3O2P/c1-18(2,3)17-16(9-7-5-4-6-8-9)28(17,25-24-23)26-14-12(21)10(19)11(20)13(22)15(14)27-28/h4-8H,1-3H3. The Labute approximate surface area is 181 Å². The number of halogens is 4. The zero-order valence-electron chi connectivity index (χ0n) is 15.0. The van der Waals surface area contributed by atoms with Crippen molar-refractivity contribution in [2.75, 3.05) is 0 Å². The molecule has 0 saturated heterocycles. The van der Waals surface area contributed by atoms with Gasteiger partial charge >= 0.3 is 182 Å². The molecule has 0 saturated carbocycles. The number of azide groups is 1. The van der Waals surface area contributed by atoms with Gasteiger partial charge in [-0.1, -0.05) is 0 Å². The summed E-state index contributed by atoms with van der Waals surface area (Å²) in [6, 6.07) is 9.50. The minimum absolute atomic E-state index is 0.0515. The molecule has 0 aliphatic carbocycles.